The molecule has 2 amide bonds. The molecule has 2 heterocycles. The Morgan fingerprint density at radius 2 is 2.03 bits per heavy atom. The Morgan fingerprint density at radius 3 is 2.59 bits per heavy atom. The van der Waals surface area contributed by atoms with E-state index >= 15 is 0 Å². The summed E-state index contributed by atoms with van der Waals surface area (Å²) in [5.74, 6) is -4.60. The molecule has 2 atom stereocenters. The van der Waals surface area contributed by atoms with Gasteiger partial charge in [-0.05, 0) is 36.3 Å². The molecule has 1 aliphatic heterocycles. The maximum Gasteiger partial charge on any atom is 0.269 e. The number of allylic oxidation sites excluding steroid dienone is 5. The first kappa shape index (κ1) is 20.7. The van der Waals surface area contributed by atoms with E-state index in [1.807, 2.05) is 0 Å². The van der Waals surface area contributed by atoms with Crippen molar-refractivity contribution in [2.75, 3.05) is 19.3 Å². The lowest BCUT2D eigenvalue weighted by atomic mass is 9.80. The average molecular weight is 404 g/mol. The largest absolute Gasteiger partial charge is 0.397 e. The van der Waals surface area contributed by atoms with Gasteiger partial charge < -0.3 is 21.5 Å². The zero-order valence-corrected chi connectivity index (χ0v) is 16.3. The number of pyridine rings is 1. The Hall–Kier alpha value is -3.07. The van der Waals surface area contributed by atoms with Crippen molar-refractivity contribution in [2.24, 2.45) is 11.7 Å². The normalized spacial score (nSPS) is 26.7. The van der Waals surface area contributed by atoms with Crippen molar-refractivity contribution in [3.63, 3.8) is 0 Å². The first-order valence-corrected chi connectivity index (χ1v) is 9.02. The molecule has 1 aromatic heterocycles. The number of hydrogen-bond donors (Lipinski definition) is 3. The number of hydrogen-bond acceptors (Lipinski definition) is 5. The molecule has 1 unspecified atom stereocenters. The van der Waals surface area contributed by atoms with Crippen LogP contribution in [0, 0.1) is 5.92 Å². The van der Waals surface area contributed by atoms with Gasteiger partial charge in [0.25, 0.3) is 11.8 Å². The smallest absolute Gasteiger partial charge is 0.269 e. The Labute approximate surface area is 166 Å². The van der Waals surface area contributed by atoms with Crippen LogP contribution in [-0.2, 0) is 4.79 Å². The van der Waals surface area contributed by atoms with Crippen LogP contribution in [0.4, 0.5) is 14.5 Å². The van der Waals surface area contributed by atoms with E-state index in [9.17, 15) is 23.5 Å². The summed E-state index contributed by atoms with van der Waals surface area (Å²) in [5.41, 5.74) is 9.10. The van der Waals surface area contributed by atoms with Crippen molar-refractivity contribution in [1.82, 2.24) is 9.88 Å². The Bertz CT molecular complexity index is 1010. The Balaban J connectivity index is 2.19. The number of carbonyl (C=O) groups is 2. The SMILES string of the molecule is C/C(=C1/C=C(c2ccc(N)c(C(N)=O)n2)C(F)=C(F)C1C)[C@]1(O)CCN(C)C1=O. The molecule has 7 nitrogen and oxygen atoms in total. The second-order valence-corrected chi connectivity index (χ2v) is 7.36. The molecule has 1 aliphatic carbocycles. The lowest BCUT2D eigenvalue weighted by molar-refractivity contribution is -0.139. The van der Waals surface area contributed by atoms with Crippen molar-refractivity contribution in [3.8, 4) is 0 Å². The number of anilines is 1. The van der Waals surface area contributed by atoms with Gasteiger partial charge >= 0.3 is 0 Å². The fourth-order valence-electron chi connectivity index (χ4n) is 3.68. The maximum atomic E-state index is 14.7. The van der Waals surface area contributed by atoms with Crippen molar-refractivity contribution < 1.29 is 23.5 Å². The van der Waals surface area contributed by atoms with Gasteiger partial charge in [-0.25, -0.2) is 13.8 Å². The lowest BCUT2D eigenvalue weighted by Crippen LogP contribution is -2.40. The third kappa shape index (κ3) is 3.21. The Morgan fingerprint density at radius 1 is 1.38 bits per heavy atom. The minimum atomic E-state index is -1.79. The zero-order valence-electron chi connectivity index (χ0n) is 16.3. The summed E-state index contributed by atoms with van der Waals surface area (Å²) in [7, 11) is 1.56. The third-order valence-corrected chi connectivity index (χ3v) is 5.59. The van der Waals surface area contributed by atoms with Crippen LogP contribution in [0.5, 0.6) is 0 Å². The molecular weight excluding hydrogens is 382 g/mol. The summed E-state index contributed by atoms with van der Waals surface area (Å²) in [4.78, 5) is 29.3. The van der Waals surface area contributed by atoms with Crippen LogP contribution in [0.1, 0.15) is 36.5 Å². The fraction of sp³-hybridized carbons (Fsp3) is 0.350. The van der Waals surface area contributed by atoms with Crippen LogP contribution in [0.25, 0.3) is 5.57 Å². The molecule has 154 valence electrons. The predicted molar refractivity (Wildman–Crippen MR) is 103 cm³/mol. The minimum absolute atomic E-state index is 0.0109. The number of halogens is 2. The molecule has 2 aliphatic rings. The summed E-state index contributed by atoms with van der Waals surface area (Å²) in [5, 5.41) is 10.9. The van der Waals surface area contributed by atoms with Gasteiger partial charge in [0.2, 0.25) is 0 Å². The van der Waals surface area contributed by atoms with Gasteiger partial charge in [-0.1, -0.05) is 6.92 Å². The summed E-state index contributed by atoms with van der Waals surface area (Å²) in [6.45, 7) is 3.32. The van der Waals surface area contributed by atoms with Gasteiger partial charge in [0.1, 0.15) is 5.83 Å². The number of likely N-dealkylation sites (tertiary alicyclic amines) is 1. The van der Waals surface area contributed by atoms with Crippen LogP contribution in [-0.4, -0.2) is 46.0 Å². The van der Waals surface area contributed by atoms with Crippen molar-refractivity contribution in [1.29, 1.82) is 0 Å². The molecule has 0 saturated carbocycles. The van der Waals surface area contributed by atoms with Crippen molar-refractivity contribution in [3.05, 3.63) is 52.4 Å². The molecule has 0 radical (unpaired) electrons. The summed E-state index contributed by atoms with van der Waals surface area (Å²) >= 11 is 0. The second kappa shape index (κ2) is 7.07. The van der Waals surface area contributed by atoms with Gasteiger partial charge in [-0.2, -0.15) is 0 Å². The number of amides is 2. The van der Waals surface area contributed by atoms with E-state index < -0.39 is 35.0 Å². The number of nitrogen functional groups attached to an aromatic ring is 1. The summed E-state index contributed by atoms with van der Waals surface area (Å²) in [6, 6.07) is 2.67. The summed E-state index contributed by atoms with van der Waals surface area (Å²) in [6.07, 6.45) is 1.48. The summed E-state index contributed by atoms with van der Waals surface area (Å²) < 4.78 is 29.5. The number of carbonyl (C=O) groups excluding carboxylic acids is 2. The highest BCUT2D eigenvalue weighted by molar-refractivity contribution is 5.97. The van der Waals surface area contributed by atoms with Gasteiger partial charge in [0.05, 0.1) is 11.4 Å². The molecular formula is C20H22F2N4O3. The number of nitrogens with zero attached hydrogens (tertiary/aromatic N) is 2. The van der Waals surface area contributed by atoms with E-state index in [0.717, 1.165) is 0 Å². The molecule has 0 aromatic carbocycles. The molecule has 0 bridgehead atoms. The highest BCUT2D eigenvalue weighted by Crippen LogP contribution is 2.43. The standard InChI is InChI=1S/C20H22F2N4O3/c1-9-11(10(2)20(29)6-7-26(3)19(20)28)8-12(16(22)15(9)21)14-5-4-13(23)17(25-14)18(24)27/h4-5,8-9,29H,6-7,23H2,1-3H3,(H2,24,27)/b11-10+/t9?,20-/m1/s1. The number of aliphatic hydroxyl groups is 1. The van der Waals surface area contributed by atoms with Crippen molar-refractivity contribution >= 4 is 23.1 Å². The Kier molecular flexibility index (Phi) is 5.04. The van der Waals surface area contributed by atoms with E-state index in [4.69, 9.17) is 11.5 Å². The second-order valence-electron chi connectivity index (χ2n) is 7.36. The molecule has 0 spiro atoms. The molecule has 3 rings (SSSR count). The first-order chi connectivity index (χ1) is 13.5. The van der Waals surface area contributed by atoms with E-state index in [1.54, 1.807) is 7.05 Å². The zero-order chi connectivity index (χ0) is 21.7. The van der Waals surface area contributed by atoms with E-state index in [2.05, 4.69) is 4.98 Å². The minimum Gasteiger partial charge on any atom is -0.397 e. The van der Waals surface area contributed by atoms with Crippen LogP contribution in [0.2, 0.25) is 0 Å². The van der Waals surface area contributed by atoms with Gasteiger partial charge in [0, 0.05) is 31.5 Å². The topological polar surface area (TPSA) is 123 Å². The fourth-order valence-corrected chi connectivity index (χ4v) is 3.68. The molecule has 1 fully saturated rings. The number of nitrogens with two attached hydrogens (primary N) is 2. The quantitative estimate of drug-likeness (QED) is 0.710. The van der Waals surface area contributed by atoms with E-state index in [-0.39, 0.29) is 40.2 Å². The van der Waals surface area contributed by atoms with Gasteiger partial charge in [-0.15, -0.1) is 0 Å². The number of primary amides is 1. The average Bonchev–Trinajstić information content (AvgIpc) is 2.95. The van der Waals surface area contributed by atoms with Crippen LogP contribution in [0.15, 0.2) is 41.0 Å². The van der Waals surface area contributed by atoms with E-state index in [0.29, 0.717) is 6.54 Å². The van der Waals surface area contributed by atoms with Crippen LogP contribution < -0.4 is 11.5 Å². The molecule has 1 aromatic rings. The van der Waals surface area contributed by atoms with Gasteiger partial charge in [-0.3, -0.25) is 9.59 Å². The predicted octanol–water partition coefficient (Wildman–Crippen LogP) is 1.86. The molecule has 5 N–H and O–H groups in total. The highest BCUT2D eigenvalue weighted by Gasteiger charge is 2.47. The van der Waals surface area contributed by atoms with E-state index in [1.165, 1.54) is 37.0 Å². The van der Waals surface area contributed by atoms with Crippen molar-refractivity contribution in [2.45, 2.75) is 25.9 Å². The first-order valence-electron chi connectivity index (χ1n) is 9.02. The van der Waals surface area contributed by atoms with Crippen LogP contribution >= 0.6 is 0 Å². The van der Waals surface area contributed by atoms with Crippen LogP contribution in [0.3, 0.4) is 0 Å². The number of rotatable bonds is 3. The third-order valence-electron chi connectivity index (χ3n) is 5.59. The molecule has 1 saturated heterocycles. The molecule has 9 heteroatoms. The van der Waals surface area contributed by atoms with Gasteiger partial charge in [0.15, 0.2) is 17.1 Å². The monoisotopic (exact) mass is 404 g/mol. The number of likely N-dealkylation sites (N-methyl/N-ethyl adjacent to an activating group) is 1. The molecule has 29 heavy (non-hydrogen) atoms. The highest BCUT2D eigenvalue weighted by atomic mass is 19.2. The number of aromatic nitrogens is 1. The lowest BCUT2D eigenvalue weighted by Gasteiger charge is -2.28. The maximum absolute atomic E-state index is 14.7.